The van der Waals surface area contributed by atoms with Crippen molar-refractivity contribution >= 4 is 5.91 Å². The van der Waals surface area contributed by atoms with Gasteiger partial charge >= 0.3 is 0 Å². The maximum absolute atomic E-state index is 11.6. The van der Waals surface area contributed by atoms with Crippen LogP contribution in [0, 0.1) is 12.3 Å². The minimum Gasteiger partial charge on any atom is -0.352 e. The largest absolute Gasteiger partial charge is 0.352 e. The number of nitrogens with zero attached hydrogens (tertiary/aromatic N) is 2. The van der Waals surface area contributed by atoms with Gasteiger partial charge in [0, 0.05) is 37.8 Å². The summed E-state index contributed by atoms with van der Waals surface area (Å²) in [6.07, 6.45) is 12.4. The summed E-state index contributed by atoms with van der Waals surface area (Å²) < 4.78 is 1.88. The van der Waals surface area contributed by atoms with Gasteiger partial charge in [0.25, 0.3) is 0 Å². The quantitative estimate of drug-likeness (QED) is 0.731. The van der Waals surface area contributed by atoms with Crippen LogP contribution in [0.4, 0.5) is 0 Å². The molecule has 1 N–H and O–H groups in total. The molecular formula is C12H17N3O. The molecule has 1 rings (SSSR count). The van der Waals surface area contributed by atoms with Crippen molar-refractivity contribution in [2.45, 2.75) is 38.8 Å². The number of hydrogen-bond acceptors (Lipinski definition) is 2. The summed E-state index contributed by atoms with van der Waals surface area (Å²) in [5.74, 6) is 2.60. The first-order valence-corrected chi connectivity index (χ1v) is 5.44. The third kappa shape index (κ3) is 4.18. The van der Waals surface area contributed by atoms with E-state index in [9.17, 15) is 4.79 Å². The second kappa shape index (κ2) is 6.67. The van der Waals surface area contributed by atoms with E-state index in [1.165, 1.54) is 0 Å². The maximum atomic E-state index is 11.6. The maximum Gasteiger partial charge on any atom is 0.222 e. The number of aromatic nitrogens is 2. The molecule has 0 aromatic carbocycles. The van der Waals surface area contributed by atoms with Gasteiger partial charge in [-0.1, -0.05) is 6.92 Å². The Morgan fingerprint density at radius 3 is 3.06 bits per heavy atom. The molecule has 0 aliphatic carbocycles. The van der Waals surface area contributed by atoms with Crippen LogP contribution in [0.25, 0.3) is 0 Å². The minimum absolute atomic E-state index is 0.0378. The van der Waals surface area contributed by atoms with Gasteiger partial charge in [0.15, 0.2) is 0 Å². The highest BCUT2D eigenvalue weighted by molar-refractivity contribution is 5.76. The van der Waals surface area contributed by atoms with Crippen molar-refractivity contribution in [2.24, 2.45) is 0 Å². The minimum atomic E-state index is 0.0378. The third-order valence-electron chi connectivity index (χ3n) is 2.38. The molecule has 0 fully saturated rings. The van der Waals surface area contributed by atoms with E-state index >= 15 is 0 Å². The van der Waals surface area contributed by atoms with E-state index < -0.39 is 0 Å². The summed E-state index contributed by atoms with van der Waals surface area (Å²) in [6.45, 7) is 2.66. The van der Waals surface area contributed by atoms with Crippen LogP contribution in [0.3, 0.4) is 0 Å². The van der Waals surface area contributed by atoms with Gasteiger partial charge < -0.3 is 9.88 Å². The average Bonchev–Trinajstić information content (AvgIpc) is 2.78. The predicted molar refractivity (Wildman–Crippen MR) is 62.5 cm³/mol. The van der Waals surface area contributed by atoms with Crippen molar-refractivity contribution in [1.82, 2.24) is 14.9 Å². The molecule has 1 heterocycles. The van der Waals surface area contributed by atoms with Crippen LogP contribution < -0.4 is 5.32 Å². The molecule has 0 aliphatic heterocycles. The fourth-order valence-electron chi connectivity index (χ4n) is 1.39. The van der Waals surface area contributed by atoms with Gasteiger partial charge in [-0.2, -0.15) is 0 Å². The molecule has 1 unspecified atom stereocenters. The van der Waals surface area contributed by atoms with E-state index in [1.54, 1.807) is 12.5 Å². The van der Waals surface area contributed by atoms with E-state index in [-0.39, 0.29) is 11.9 Å². The number of carbonyl (C=O) groups is 1. The zero-order valence-electron chi connectivity index (χ0n) is 9.52. The molecule has 0 radical (unpaired) electrons. The standard InChI is InChI=1S/C12H17N3O/c1-3-5-11(4-2)14-12(16)6-8-15-9-7-13-10-15/h1,7,9-11H,4-6,8H2,2H3,(H,14,16). The lowest BCUT2D eigenvalue weighted by Gasteiger charge is -2.14. The van der Waals surface area contributed by atoms with Crippen molar-refractivity contribution in [2.75, 3.05) is 0 Å². The highest BCUT2D eigenvalue weighted by Crippen LogP contribution is 1.98. The highest BCUT2D eigenvalue weighted by atomic mass is 16.1. The Morgan fingerprint density at radius 1 is 1.69 bits per heavy atom. The normalized spacial score (nSPS) is 11.8. The number of amides is 1. The van der Waals surface area contributed by atoms with Crippen molar-refractivity contribution < 1.29 is 4.79 Å². The first-order chi connectivity index (χ1) is 7.76. The summed E-state index contributed by atoms with van der Waals surface area (Å²) in [5.41, 5.74) is 0. The zero-order valence-corrected chi connectivity index (χ0v) is 9.52. The van der Waals surface area contributed by atoms with Crippen LogP contribution in [0.5, 0.6) is 0 Å². The Balaban J connectivity index is 2.27. The smallest absolute Gasteiger partial charge is 0.222 e. The van der Waals surface area contributed by atoms with Gasteiger partial charge in [-0.3, -0.25) is 4.79 Å². The molecule has 4 nitrogen and oxygen atoms in total. The molecule has 0 bridgehead atoms. The van der Waals surface area contributed by atoms with Gasteiger partial charge in [0.05, 0.1) is 6.33 Å². The molecule has 16 heavy (non-hydrogen) atoms. The molecule has 4 heteroatoms. The Bertz CT molecular complexity index is 351. The summed E-state index contributed by atoms with van der Waals surface area (Å²) in [5, 5.41) is 2.91. The van der Waals surface area contributed by atoms with Crippen LogP contribution in [-0.2, 0) is 11.3 Å². The van der Waals surface area contributed by atoms with Gasteiger partial charge in [0.2, 0.25) is 5.91 Å². The summed E-state index contributed by atoms with van der Waals surface area (Å²) >= 11 is 0. The topological polar surface area (TPSA) is 46.9 Å². The number of nitrogens with one attached hydrogen (secondary N) is 1. The van der Waals surface area contributed by atoms with Crippen LogP contribution in [0.15, 0.2) is 18.7 Å². The van der Waals surface area contributed by atoms with Crippen LogP contribution in [0.2, 0.25) is 0 Å². The van der Waals surface area contributed by atoms with E-state index in [1.807, 2.05) is 17.7 Å². The van der Waals surface area contributed by atoms with Crippen LogP contribution in [0.1, 0.15) is 26.2 Å². The number of rotatable bonds is 6. The van der Waals surface area contributed by atoms with Crippen molar-refractivity contribution in [3.63, 3.8) is 0 Å². The van der Waals surface area contributed by atoms with Crippen LogP contribution in [-0.4, -0.2) is 21.5 Å². The summed E-state index contributed by atoms with van der Waals surface area (Å²) in [6, 6.07) is 0.0975. The summed E-state index contributed by atoms with van der Waals surface area (Å²) in [4.78, 5) is 15.5. The van der Waals surface area contributed by atoms with Crippen LogP contribution >= 0.6 is 0 Å². The first-order valence-electron chi connectivity index (χ1n) is 5.44. The predicted octanol–water partition coefficient (Wildman–Crippen LogP) is 1.19. The Hall–Kier alpha value is -1.76. The zero-order chi connectivity index (χ0) is 11.8. The molecule has 1 atom stereocenters. The monoisotopic (exact) mass is 219 g/mol. The molecular weight excluding hydrogens is 202 g/mol. The Labute approximate surface area is 96.1 Å². The highest BCUT2D eigenvalue weighted by Gasteiger charge is 2.08. The van der Waals surface area contributed by atoms with Gasteiger partial charge in [-0.15, -0.1) is 12.3 Å². The molecule has 86 valence electrons. The number of aryl methyl sites for hydroxylation is 1. The summed E-state index contributed by atoms with van der Waals surface area (Å²) in [7, 11) is 0. The van der Waals surface area contributed by atoms with Gasteiger partial charge in [0.1, 0.15) is 0 Å². The first kappa shape index (κ1) is 12.3. The van der Waals surface area contributed by atoms with Crippen molar-refractivity contribution in [1.29, 1.82) is 0 Å². The Kier molecular flexibility index (Phi) is 5.13. The van der Waals surface area contributed by atoms with Gasteiger partial charge in [-0.25, -0.2) is 4.98 Å². The number of imidazole rings is 1. The molecule has 0 spiro atoms. The third-order valence-corrected chi connectivity index (χ3v) is 2.38. The van der Waals surface area contributed by atoms with Gasteiger partial charge in [-0.05, 0) is 6.42 Å². The second-order valence-electron chi connectivity index (χ2n) is 3.63. The fourth-order valence-corrected chi connectivity index (χ4v) is 1.39. The van der Waals surface area contributed by atoms with Crippen molar-refractivity contribution in [3.8, 4) is 12.3 Å². The van der Waals surface area contributed by atoms with E-state index in [2.05, 4.69) is 16.2 Å². The number of hydrogen-bond donors (Lipinski definition) is 1. The van der Waals surface area contributed by atoms with Crippen molar-refractivity contribution in [3.05, 3.63) is 18.7 Å². The Morgan fingerprint density at radius 2 is 2.50 bits per heavy atom. The lowest BCUT2D eigenvalue weighted by molar-refractivity contribution is -0.122. The number of carbonyl (C=O) groups excluding carboxylic acids is 1. The molecule has 0 aliphatic rings. The lowest BCUT2D eigenvalue weighted by Crippen LogP contribution is -2.34. The van der Waals surface area contributed by atoms with E-state index in [4.69, 9.17) is 6.42 Å². The van der Waals surface area contributed by atoms with E-state index in [0.29, 0.717) is 19.4 Å². The molecule has 1 aromatic rings. The van der Waals surface area contributed by atoms with E-state index in [0.717, 1.165) is 6.42 Å². The lowest BCUT2D eigenvalue weighted by atomic mass is 10.1. The molecule has 1 aromatic heterocycles. The molecule has 0 saturated heterocycles. The number of terminal acetylenes is 1. The second-order valence-corrected chi connectivity index (χ2v) is 3.63. The molecule has 0 saturated carbocycles. The fraction of sp³-hybridized carbons (Fsp3) is 0.500. The molecule has 1 amide bonds. The average molecular weight is 219 g/mol. The SMILES string of the molecule is C#CCC(CC)NC(=O)CCn1ccnc1.